The lowest BCUT2D eigenvalue weighted by Gasteiger charge is -2.31. The van der Waals surface area contributed by atoms with Gasteiger partial charge in [0, 0.05) is 25.4 Å². The molecule has 25 heavy (non-hydrogen) atoms. The van der Waals surface area contributed by atoms with Crippen LogP contribution in [0.2, 0.25) is 0 Å². The Morgan fingerprint density at radius 2 is 2.12 bits per heavy atom. The minimum Gasteiger partial charge on any atom is -0.476 e. The predicted octanol–water partition coefficient (Wildman–Crippen LogP) is 2.15. The van der Waals surface area contributed by atoms with E-state index in [0.29, 0.717) is 24.1 Å². The van der Waals surface area contributed by atoms with Crippen LogP contribution in [0.5, 0.6) is 5.88 Å². The molecule has 2 heterocycles. The summed E-state index contributed by atoms with van der Waals surface area (Å²) in [5.41, 5.74) is 2.70. The number of aryl methyl sites for hydroxylation is 1. The van der Waals surface area contributed by atoms with E-state index in [0.717, 1.165) is 24.8 Å². The Kier molecular flexibility index (Phi) is 4.15. The molecule has 1 saturated carbocycles. The SMILES string of the molecule is CN(C(=O)c1cnc(OCC2CC2)cn1)[C@@H]1CCCc2c1cnn2C. The van der Waals surface area contributed by atoms with Crippen LogP contribution < -0.4 is 4.74 Å². The normalized spacial score (nSPS) is 19.4. The van der Waals surface area contributed by atoms with E-state index in [1.165, 1.54) is 24.7 Å². The third kappa shape index (κ3) is 3.23. The van der Waals surface area contributed by atoms with Crippen LogP contribution in [-0.2, 0) is 13.5 Å². The Bertz CT molecular complexity index is 766. The molecule has 0 spiro atoms. The number of aromatic nitrogens is 4. The van der Waals surface area contributed by atoms with Crippen molar-refractivity contribution in [3.05, 3.63) is 35.5 Å². The van der Waals surface area contributed by atoms with Gasteiger partial charge in [0.1, 0.15) is 5.69 Å². The highest BCUT2D eigenvalue weighted by atomic mass is 16.5. The first kappa shape index (κ1) is 16.1. The third-order valence-corrected chi connectivity index (χ3v) is 5.14. The molecule has 2 aliphatic rings. The smallest absolute Gasteiger partial charge is 0.274 e. The molecule has 0 bridgehead atoms. The first-order valence-electron chi connectivity index (χ1n) is 8.86. The first-order chi connectivity index (χ1) is 12.1. The quantitative estimate of drug-likeness (QED) is 0.833. The Balaban J connectivity index is 1.46. The molecule has 7 heteroatoms. The fourth-order valence-corrected chi connectivity index (χ4v) is 3.40. The summed E-state index contributed by atoms with van der Waals surface area (Å²) in [5, 5.41) is 4.35. The molecule has 7 nitrogen and oxygen atoms in total. The second kappa shape index (κ2) is 6.46. The highest BCUT2D eigenvalue weighted by molar-refractivity contribution is 5.92. The van der Waals surface area contributed by atoms with E-state index in [4.69, 9.17) is 4.74 Å². The monoisotopic (exact) mass is 341 g/mol. The molecule has 2 aromatic rings. The molecule has 2 aromatic heterocycles. The summed E-state index contributed by atoms with van der Waals surface area (Å²) < 4.78 is 7.49. The van der Waals surface area contributed by atoms with Crippen molar-refractivity contribution in [1.29, 1.82) is 0 Å². The third-order valence-electron chi connectivity index (χ3n) is 5.14. The minimum absolute atomic E-state index is 0.0394. The molecule has 0 N–H and O–H groups in total. The van der Waals surface area contributed by atoms with E-state index in [1.807, 2.05) is 25.0 Å². The van der Waals surface area contributed by atoms with Crippen LogP contribution in [0.15, 0.2) is 18.6 Å². The van der Waals surface area contributed by atoms with Crippen LogP contribution >= 0.6 is 0 Å². The van der Waals surface area contributed by atoms with Crippen molar-refractivity contribution in [1.82, 2.24) is 24.6 Å². The molecule has 4 rings (SSSR count). The molecule has 1 atom stereocenters. The summed E-state index contributed by atoms with van der Waals surface area (Å²) in [6.07, 6.45) is 10.4. The van der Waals surface area contributed by atoms with E-state index in [2.05, 4.69) is 15.1 Å². The van der Waals surface area contributed by atoms with Gasteiger partial charge in [0.25, 0.3) is 5.91 Å². The van der Waals surface area contributed by atoms with E-state index >= 15 is 0 Å². The number of hydrogen-bond acceptors (Lipinski definition) is 5. The summed E-state index contributed by atoms with van der Waals surface area (Å²) in [7, 11) is 3.78. The molecule has 1 fully saturated rings. The Morgan fingerprint density at radius 1 is 1.28 bits per heavy atom. The summed E-state index contributed by atoms with van der Waals surface area (Å²) in [6, 6.07) is 0.0394. The summed E-state index contributed by atoms with van der Waals surface area (Å²) in [4.78, 5) is 23.0. The lowest BCUT2D eigenvalue weighted by atomic mass is 9.92. The lowest BCUT2D eigenvalue weighted by molar-refractivity contribution is 0.0708. The average molecular weight is 341 g/mol. The van der Waals surface area contributed by atoms with Gasteiger partial charge in [-0.3, -0.25) is 9.48 Å². The number of fused-ring (bicyclic) bond motifs is 1. The van der Waals surface area contributed by atoms with Gasteiger partial charge in [-0.15, -0.1) is 0 Å². The Morgan fingerprint density at radius 3 is 2.84 bits per heavy atom. The maximum Gasteiger partial charge on any atom is 0.274 e. The fourth-order valence-electron chi connectivity index (χ4n) is 3.40. The second-order valence-electron chi connectivity index (χ2n) is 6.99. The van der Waals surface area contributed by atoms with Crippen molar-refractivity contribution >= 4 is 5.91 Å². The number of carbonyl (C=O) groups excluding carboxylic acids is 1. The highest BCUT2D eigenvalue weighted by Gasteiger charge is 2.30. The van der Waals surface area contributed by atoms with Gasteiger partial charge in [-0.25, -0.2) is 9.97 Å². The van der Waals surface area contributed by atoms with Crippen molar-refractivity contribution in [2.45, 2.75) is 38.1 Å². The zero-order valence-electron chi connectivity index (χ0n) is 14.7. The summed E-state index contributed by atoms with van der Waals surface area (Å²) in [6.45, 7) is 0.688. The van der Waals surface area contributed by atoms with E-state index in [-0.39, 0.29) is 11.9 Å². The van der Waals surface area contributed by atoms with Crippen LogP contribution in [0.4, 0.5) is 0 Å². The molecule has 0 saturated heterocycles. The van der Waals surface area contributed by atoms with Gasteiger partial charge in [0.05, 0.1) is 31.2 Å². The van der Waals surface area contributed by atoms with Crippen molar-refractivity contribution in [2.24, 2.45) is 13.0 Å². The summed E-state index contributed by atoms with van der Waals surface area (Å²) >= 11 is 0. The Hall–Kier alpha value is -2.44. The van der Waals surface area contributed by atoms with Crippen LogP contribution in [0, 0.1) is 5.92 Å². The van der Waals surface area contributed by atoms with Gasteiger partial charge in [0.2, 0.25) is 5.88 Å². The fraction of sp³-hybridized carbons (Fsp3) is 0.556. The van der Waals surface area contributed by atoms with Crippen LogP contribution in [0.25, 0.3) is 0 Å². The van der Waals surface area contributed by atoms with Crippen LogP contribution in [-0.4, -0.2) is 44.2 Å². The maximum absolute atomic E-state index is 12.8. The van der Waals surface area contributed by atoms with Crippen LogP contribution in [0.3, 0.4) is 0 Å². The highest BCUT2D eigenvalue weighted by Crippen LogP contribution is 2.34. The van der Waals surface area contributed by atoms with Crippen molar-refractivity contribution < 1.29 is 9.53 Å². The molecule has 0 aliphatic heterocycles. The van der Waals surface area contributed by atoms with Crippen LogP contribution in [0.1, 0.15) is 53.5 Å². The van der Waals surface area contributed by atoms with Gasteiger partial charge in [-0.05, 0) is 38.0 Å². The zero-order valence-corrected chi connectivity index (χ0v) is 14.7. The van der Waals surface area contributed by atoms with Gasteiger partial charge in [0.15, 0.2) is 0 Å². The standard InChI is InChI=1S/C18H23N5O2/c1-22(15-4-3-5-16-13(15)8-21-23(16)2)18(24)14-9-20-17(10-19-14)25-11-12-6-7-12/h8-10,12,15H,3-7,11H2,1-2H3/t15-/m1/s1. The average Bonchev–Trinajstić information content (AvgIpc) is 3.41. The van der Waals surface area contributed by atoms with E-state index in [9.17, 15) is 4.79 Å². The number of amides is 1. The largest absolute Gasteiger partial charge is 0.476 e. The number of carbonyl (C=O) groups is 1. The van der Waals surface area contributed by atoms with E-state index < -0.39 is 0 Å². The molecule has 0 radical (unpaired) electrons. The summed E-state index contributed by atoms with van der Waals surface area (Å²) in [5.74, 6) is 1.02. The van der Waals surface area contributed by atoms with Gasteiger partial charge in [-0.1, -0.05) is 0 Å². The van der Waals surface area contributed by atoms with Gasteiger partial charge < -0.3 is 9.64 Å². The number of ether oxygens (including phenoxy) is 1. The number of rotatable bonds is 5. The van der Waals surface area contributed by atoms with Gasteiger partial charge in [-0.2, -0.15) is 5.10 Å². The zero-order chi connectivity index (χ0) is 17.4. The van der Waals surface area contributed by atoms with Crippen molar-refractivity contribution in [3.8, 4) is 5.88 Å². The second-order valence-corrected chi connectivity index (χ2v) is 6.99. The predicted molar refractivity (Wildman–Crippen MR) is 91.2 cm³/mol. The van der Waals surface area contributed by atoms with Crippen molar-refractivity contribution in [2.75, 3.05) is 13.7 Å². The molecule has 132 valence electrons. The number of hydrogen-bond donors (Lipinski definition) is 0. The number of nitrogens with zero attached hydrogens (tertiary/aromatic N) is 5. The minimum atomic E-state index is -0.122. The maximum atomic E-state index is 12.8. The lowest BCUT2D eigenvalue weighted by Crippen LogP contribution is -2.33. The molecular weight excluding hydrogens is 318 g/mol. The van der Waals surface area contributed by atoms with Crippen molar-refractivity contribution in [3.63, 3.8) is 0 Å². The topological polar surface area (TPSA) is 73.1 Å². The molecule has 1 amide bonds. The Labute approximate surface area is 147 Å². The van der Waals surface area contributed by atoms with Gasteiger partial charge >= 0.3 is 0 Å². The molecule has 0 unspecified atom stereocenters. The first-order valence-corrected chi connectivity index (χ1v) is 8.86. The molecule has 0 aromatic carbocycles. The molecular formula is C18H23N5O2. The van der Waals surface area contributed by atoms with E-state index in [1.54, 1.807) is 11.1 Å². The molecule has 2 aliphatic carbocycles.